The first-order valence-corrected chi connectivity index (χ1v) is 4.17. The second-order valence-corrected chi connectivity index (χ2v) is 3.74. The van der Waals surface area contributed by atoms with Gasteiger partial charge in [0.15, 0.2) is 0 Å². The number of hydrogen-bond acceptors (Lipinski definition) is 3. The molecule has 0 saturated carbocycles. The molecule has 0 atom stereocenters. The van der Waals surface area contributed by atoms with Crippen molar-refractivity contribution in [1.29, 1.82) is 0 Å². The Morgan fingerprint density at radius 1 is 1.42 bits per heavy atom. The third-order valence-electron chi connectivity index (χ3n) is 1.25. The van der Waals surface area contributed by atoms with Crippen LogP contribution < -0.4 is 16.4 Å². The van der Waals surface area contributed by atoms with Gasteiger partial charge >= 0.3 is 0 Å². The third kappa shape index (κ3) is 7.50. The van der Waals surface area contributed by atoms with E-state index in [9.17, 15) is 4.79 Å². The fraction of sp³-hybridized carbons (Fsp3) is 0.875. The van der Waals surface area contributed by atoms with Gasteiger partial charge in [-0.15, -0.1) is 0 Å². The lowest BCUT2D eigenvalue weighted by atomic mass is 10.1. The van der Waals surface area contributed by atoms with Gasteiger partial charge in [-0.1, -0.05) is 0 Å². The first-order chi connectivity index (χ1) is 5.45. The predicted octanol–water partition coefficient (Wildman–Crippen LogP) is -0.551. The summed E-state index contributed by atoms with van der Waals surface area (Å²) < 4.78 is 0. The summed E-state index contributed by atoms with van der Waals surface area (Å²) in [7, 11) is 0. The Morgan fingerprint density at radius 3 is 2.42 bits per heavy atom. The minimum absolute atomic E-state index is 0.00428. The van der Waals surface area contributed by atoms with Crippen molar-refractivity contribution in [3.63, 3.8) is 0 Å². The van der Waals surface area contributed by atoms with E-state index in [0.29, 0.717) is 19.6 Å². The maximum Gasteiger partial charge on any atom is 0.234 e. The number of amides is 1. The first-order valence-electron chi connectivity index (χ1n) is 4.17. The van der Waals surface area contributed by atoms with E-state index in [4.69, 9.17) is 5.73 Å². The number of nitrogens with one attached hydrogen (secondary N) is 2. The van der Waals surface area contributed by atoms with E-state index in [0.717, 1.165) is 0 Å². The Bertz CT molecular complexity index is 140. The molecule has 0 radical (unpaired) electrons. The number of carbonyl (C=O) groups excluding carboxylic acids is 1. The van der Waals surface area contributed by atoms with Gasteiger partial charge < -0.3 is 16.4 Å². The number of carbonyl (C=O) groups is 1. The van der Waals surface area contributed by atoms with Crippen LogP contribution in [0.4, 0.5) is 0 Å². The summed E-state index contributed by atoms with van der Waals surface area (Å²) in [4.78, 5) is 11.0. The van der Waals surface area contributed by atoms with Gasteiger partial charge in [0, 0.05) is 18.6 Å². The molecular formula is C8H19N3O. The van der Waals surface area contributed by atoms with Crippen molar-refractivity contribution in [1.82, 2.24) is 10.6 Å². The molecule has 72 valence electrons. The zero-order valence-electron chi connectivity index (χ0n) is 8.11. The molecule has 0 aliphatic heterocycles. The quantitative estimate of drug-likeness (QED) is 0.534. The molecule has 0 aliphatic rings. The highest BCUT2D eigenvalue weighted by molar-refractivity contribution is 5.78. The van der Waals surface area contributed by atoms with Gasteiger partial charge in [0.25, 0.3) is 0 Å². The molecule has 0 aliphatic carbocycles. The fourth-order valence-corrected chi connectivity index (χ4v) is 0.620. The monoisotopic (exact) mass is 173 g/mol. The van der Waals surface area contributed by atoms with Crippen LogP contribution in [0.5, 0.6) is 0 Å². The van der Waals surface area contributed by atoms with Gasteiger partial charge in [0.05, 0.1) is 6.54 Å². The average molecular weight is 173 g/mol. The van der Waals surface area contributed by atoms with E-state index >= 15 is 0 Å². The largest absolute Gasteiger partial charge is 0.354 e. The number of hydrogen-bond donors (Lipinski definition) is 3. The van der Waals surface area contributed by atoms with E-state index < -0.39 is 0 Å². The molecular weight excluding hydrogens is 154 g/mol. The van der Waals surface area contributed by atoms with Crippen LogP contribution in [0.1, 0.15) is 20.8 Å². The Kier molecular flexibility index (Phi) is 4.85. The van der Waals surface area contributed by atoms with Crippen LogP contribution in [-0.2, 0) is 4.79 Å². The van der Waals surface area contributed by atoms with E-state index in [1.807, 2.05) is 20.8 Å². The lowest BCUT2D eigenvalue weighted by molar-refractivity contribution is -0.120. The average Bonchev–Trinajstić information content (AvgIpc) is 1.95. The van der Waals surface area contributed by atoms with Crippen LogP contribution in [0.3, 0.4) is 0 Å². The third-order valence-corrected chi connectivity index (χ3v) is 1.25. The topological polar surface area (TPSA) is 67.2 Å². The standard InChI is InChI=1S/C8H19N3O/c1-8(2,3)11-6-7(12)10-5-4-9/h11H,4-6,9H2,1-3H3,(H,10,12). The molecule has 12 heavy (non-hydrogen) atoms. The van der Waals surface area contributed by atoms with Gasteiger partial charge in [0.2, 0.25) is 5.91 Å². The van der Waals surface area contributed by atoms with Gasteiger partial charge in [0.1, 0.15) is 0 Å². The van der Waals surface area contributed by atoms with Crippen LogP contribution >= 0.6 is 0 Å². The summed E-state index contributed by atoms with van der Waals surface area (Å²) in [5.74, 6) is -0.00428. The van der Waals surface area contributed by atoms with Crippen LogP contribution in [0.25, 0.3) is 0 Å². The van der Waals surface area contributed by atoms with E-state index in [1.165, 1.54) is 0 Å². The minimum Gasteiger partial charge on any atom is -0.354 e. The van der Waals surface area contributed by atoms with Gasteiger partial charge in [-0.25, -0.2) is 0 Å². The van der Waals surface area contributed by atoms with Crippen LogP contribution in [0, 0.1) is 0 Å². The molecule has 0 spiro atoms. The molecule has 0 unspecified atom stereocenters. The summed E-state index contributed by atoms with van der Waals surface area (Å²) in [5.41, 5.74) is 5.21. The Morgan fingerprint density at radius 2 is 2.00 bits per heavy atom. The summed E-state index contributed by atoms with van der Waals surface area (Å²) in [6.07, 6.45) is 0. The van der Waals surface area contributed by atoms with Crippen molar-refractivity contribution < 1.29 is 4.79 Å². The molecule has 0 saturated heterocycles. The summed E-state index contributed by atoms with van der Waals surface area (Å²) in [6, 6.07) is 0. The molecule has 1 amide bonds. The van der Waals surface area contributed by atoms with Crippen molar-refractivity contribution in [2.24, 2.45) is 5.73 Å². The Balaban J connectivity index is 3.44. The molecule has 0 heterocycles. The van der Waals surface area contributed by atoms with E-state index in [2.05, 4.69) is 10.6 Å². The van der Waals surface area contributed by atoms with Crippen molar-refractivity contribution >= 4 is 5.91 Å². The second-order valence-electron chi connectivity index (χ2n) is 3.74. The van der Waals surface area contributed by atoms with Gasteiger partial charge in [-0.05, 0) is 20.8 Å². The zero-order chi connectivity index (χ0) is 9.61. The molecule has 0 rings (SSSR count). The van der Waals surface area contributed by atoms with Crippen molar-refractivity contribution in [2.45, 2.75) is 26.3 Å². The molecule has 0 bridgehead atoms. The highest BCUT2D eigenvalue weighted by Crippen LogP contribution is 1.96. The molecule has 4 N–H and O–H groups in total. The fourth-order valence-electron chi connectivity index (χ4n) is 0.620. The Labute approximate surface area is 73.9 Å². The molecule has 0 aromatic heterocycles. The SMILES string of the molecule is CC(C)(C)NCC(=O)NCCN. The smallest absolute Gasteiger partial charge is 0.234 e. The maximum absolute atomic E-state index is 11.0. The van der Waals surface area contributed by atoms with E-state index in [1.54, 1.807) is 0 Å². The van der Waals surface area contributed by atoms with Crippen LogP contribution in [0.15, 0.2) is 0 Å². The van der Waals surface area contributed by atoms with E-state index in [-0.39, 0.29) is 11.4 Å². The lowest BCUT2D eigenvalue weighted by Crippen LogP contribution is -2.44. The van der Waals surface area contributed by atoms with Crippen LogP contribution in [-0.4, -0.2) is 31.1 Å². The predicted molar refractivity (Wildman–Crippen MR) is 49.8 cm³/mol. The zero-order valence-corrected chi connectivity index (χ0v) is 8.11. The van der Waals surface area contributed by atoms with Crippen molar-refractivity contribution in [3.05, 3.63) is 0 Å². The van der Waals surface area contributed by atoms with Gasteiger partial charge in [-0.3, -0.25) is 4.79 Å². The van der Waals surface area contributed by atoms with Crippen molar-refractivity contribution in [3.8, 4) is 0 Å². The maximum atomic E-state index is 11.0. The summed E-state index contributed by atoms with van der Waals surface area (Å²) in [5, 5.41) is 5.76. The second kappa shape index (κ2) is 5.11. The first kappa shape index (κ1) is 11.4. The number of nitrogens with two attached hydrogens (primary N) is 1. The minimum atomic E-state index is -0.0138. The summed E-state index contributed by atoms with van der Waals surface area (Å²) >= 11 is 0. The summed E-state index contributed by atoms with van der Waals surface area (Å²) in [6.45, 7) is 7.44. The highest BCUT2D eigenvalue weighted by Gasteiger charge is 2.10. The lowest BCUT2D eigenvalue weighted by Gasteiger charge is -2.19. The van der Waals surface area contributed by atoms with Gasteiger partial charge in [-0.2, -0.15) is 0 Å². The molecule has 0 aromatic rings. The highest BCUT2D eigenvalue weighted by atomic mass is 16.1. The number of rotatable bonds is 4. The van der Waals surface area contributed by atoms with Crippen molar-refractivity contribution in [2.75, 3.05) is 19.6 Å². The Hall–Kier alpha value is -0.610. The van der Waals surface area contributed by atoms with Crippen LogP contribution in [0.2, 0.25) is 0 Å². The molecule has 0 aromatic carbocycles. The normalized spacial score (nSPS) is 11.3. The molecule has 4 nitrogen and oxygen atoms in total. The molecule has 4 heteroatoms. The molecule has 0 fully saturated rings.